The highest BCUT2D eigenvalue weighted by Crippen LogP contribution is 2.43. The van der Waals surface area contributed by atoms with Crippen LogP contribution >= 0.6 is 0 Å². The van der Waals surface area contributed by atoms with Gasteiger partial charge in [-0.15, -0.1) is 0 Å². The third kappa shape index (κ3) is 4.58. The van der Waals surface area contributed by atoms with Crippen molar-refractivity contribution < 1.29 is 14.3 Å². The zero-order valence-corrected chi connectivity index (χ0v) is 18.7. The van der Waals surface area contributed by atoms with Gasteiger partial charge in [0, 0.05) is 24.8 Å². The maximum absolute atomic E-state index is 12.6. The minimum absolute atomic E-state index is 0.0296. The highest BCUT2D eigenvalue weighted by atomic mass is 16.6. The Balaban J connectivity index is 1.19. The van der Waals surface area contributed by atoms with Crippen LogP contribution in [0.15, 0.2) is 47.3 Å². The molecule has 1 aromatic heterocycles. The van der Waals surface area contributed by atoms with Gasteiger partial charge in [-0.2, -0.15) is 0 Å². The third-order valence-electron chi connectivity index (χ3n) is 6.82. The third-order valence-corrected chi connectivity index (χ3v) is 6.82. The highest BCUT2D eigenvalue weighted by molar-refractivity contribution is 5.77. The molecular formula is C26H29N3O4. The Bertz CT molecular complexity index is 1210. The fourth-order valence-corrected chi connectivity index (χ4v) is 5.02. The summed E-state index contributed by atoms with van der Waals surface area (Å²) in [5.41, 5.74) is 1.70. The Kier molecular flexibility index (Phi) is 6.03. The van der Waals surface area contributed by atoms with Gasteiger partial charge < -0.3 is 19.8 Å². The number of benzene rings is 2. The molecule has 1 saturated carbocycles. The molecule has 2 aliphatic rings. The number of rotatable bonds is 7. The number of nitrogens with one attached hydrogen (secondary N) is 2. The van der Waals surface area contributed by atoms with Gasteiger partial charge >= 0.3 is 0 Å². The molecule has 3 aromatic rings. The normalized spacial score (nSPS) is 16.6. The molecule has 172 valence electrons. The van der Waals surface area contributed by atoms with E-state index in [0.717, 1.165) is 37.2 Å². The van der Waals surface area contributed by atoms with Crippen LogP contribution < -0.4 is 20.3 Å². The van der Waals surface area contributed by atoms with E-state index in [1.54, 1.807) is 6.07 Å². The van der Waals surface area contributed by atoms with E-state index >= 15 is 0 Å². The summed E-state index contributed by atoms with van der Waals surface area (Å²) in [7, 11) is 0. The lowest BCUT2D eigenvalue weighted by atomic mass is 9.78. The predicted octanol–water partition coefficient (Wildman–Crippen LogP) is 3.65. The fourth-order valence-electron chi connectivity index (χ4n) is 5.02. The Morgan fingerprint density at radius 1 is 1.06 bits per heavy atom. The van der Waals surface area contributed by atoms with Crippen LogP contribution in [0.4, 0.5) is 0 Å². The monoisotopic (exact) mass is 447 g/mol. The molecule has 0 unspecified atom stereocenters. The lowest BCUT2D eigenvalue weighted by Crippen LogP contribution is -2.39. The van der Waals surface area contributed by atoms with E-state index in [1.807, 2.05) is 24.3 Å². The largest absolute Gasteiger partial charge is 0.486 e. The van der Waals surface area contributed by atoms with Gasteiger partial charge in [-0.1, -0.05) is 31.0 Å². The molecule has 33 heavy (non-hydrogen) atoms. The average Bonchev–Trinajstić information content (AvgIpc) is 3.33. The molecule has 2 N–H and O–H groups in total. The van der Waals surface area contributed by atoms with E-state index in [-0.39, 0.29) is 16.9 Å². The Labute approximate surface area is 192 Å². The molecule has 7 heteroatoms. The maximum Gasteiger partial charge on any atom is 0.258 e. The van der Waals surface area contributed by atoms with Gasteiger partial charge in [-0.3, -0.25) is 9.59 Å². The molecule has 7 nitrogen and oxygen atoms in total. The van der Waals surface area contributed by atoms with Crippen LogP contribution in [0.2, 0.25) is 0 Å². The number of para-hydroxylation sites is 1. The molecule has 0 saturated heterocycles. The molecule has 0 atom stereocenters. The average molecular weight is 448 g/mol. The van der Waals surface area contributed by atoms with E-state index in [0.29, 0.717) is 55.7 Å². The van der Waals surface area contributed by atoms with Crippen molar-refractivity contribution >= 4 is 16.8 Å². The van der Waals surface area contributed by atoms with E-state index in [2.05, 4.69) is 27.4 Å². The van der Waals surface area contributed by atoms with Gasteiger partial charge in [-0.25, -0.2) is 4.98 Å². The zero-order valence-electron chi connectivity index (χ0n) is 18.7. The van der Waals surface area contributed by atoms with Crippen LogP contribution in [0.1, 0.15) is 49.9 Å². The first kappa shape index (κ1) is 21.5. The smallest absolute Gasteiger partial charge is 0.258 e. The summed E-state index contributed by atoms with van der Waals surface area (Å²) >= 11 is 0. The number of aromatic amines is 1. The van der Waals surface area contributed by atoms with Gasteiger partial charge in [0.25, 0.3) is 5.56 Å². The van der Waals surface area contributed by atoms with Crippen molar-refractivity contribution in [2.75, 3.05) is 19.8 Å². The summed E-state index contributed by atoms with van der Waals surface area (Å²) in [4.78, 5) is 32.2. The Morgan fingerprint density at radius 3 is 2.70 bits per heavy atom. The summed E-state index contributed by atoms with van der Waals surface area (Å²) in [6.45, 7) is 1.77. The Hall–Kier alpha value is -3.35. The van der Waals surface area contributed by atoms with Crippen molar-refractivity contribution in [2.45, 2.75) is 50.4 Å². The quantitative estimate of drug-likeness (QED) is 0.577. The van der Waals surface area contributed by atoms with E-state index in [9.17, 15) is 9.59 Å². The lowest BCUT2D eigenvalue weighted by molar-refractivity contribution is -0.121. The topological polar surface area (TPSA) is 93.3 Å². The number of fused-ring (bicyclic) bond motifs is 2. The molecular weight excluding hydrogens is 418 g/mol. The molecule has 1 amide bonds. The molecule has 2 heterocycles. The van der Waals surface area contributed by atoms with Crippen molar-refractivity contribution in [1.29, 1.82) is 0 Å². The molecule has 1 fully saturated rings. The standard InChI is InChI=1S/C26H29N3O4/c30-24(9-5-8-23-28-20-7-2-1-6-19(20)25(31)29-23)27-17-26(12-3-4-13-26)18-10-11-21-22(16-18)33-15-14-32-21/h1-2,6-7,10-11,16H,3-5,8-9,12-15,17H2,(H,27,30)(H,28,29,31). The zero-order chi connectivity index (χ0) is 22.7. The molecule has 1 aliphatic heterocycles. The van der Waals surface area contributed by atoms with Gasteiger partial charge in [0.05, 0.1) is 10.9 Å². The second-order valence-corrected chi connectivity index (χ2v) is 9.01. The van der Waals surface area contributed by atoms with Crippen molar-refractivity contribution in [3.63, 3.8) is 0 Å². The number of hydrogen-bond donors (Lipinski definition) is 2. The SMILES string of the molecule is O=C(CCCc1nc2ccccc2c(=O)[nH]1)NCC1(c2ccc3c(c2)OCCO3)CCCC1. The maximum atomic E-state index is 12.6. The fraction of sp³-hybridized carbons (Fsp3) is 0.423. The minimum atomic E-state index is -0.136. The molecule has 2 aromatic carbocycles. The summed E-state index contributed by atoms with van der Waals surface area (Å²) < 4.78 is 11.4. The lowest BCUT2D eigenvalue weighted by Gasteiger charge is -2.31. The van der Waals surface area contributed by atoms with Gasteiger partial charge in [0.1, 0.15) is 19.0 Å². The van der Waals surface area contributed by atoms with Crippen LogP contribution in [0.5, 0.6) is 11.5 Å². The minimum Gasteiger partial charge on any atom is -0.486 e. The number of hydrogen-bond acceptors (Lipinski definition) is 5. The number of H-pyrrole nitrogens is 1. The van der Waals surface area contributed by atoms with Crippen molar-refractivity contribution in [3.8, 4) is 11.5 Å². The number of aromatic nitrogens is 2. The summed E-state index contributed by atoms with van der Waals surface area (Å²) in [5, 5.41) is 3.75. The number of amides is 1. The first-order valence-electron chi connectivity index (χ1n) is 11.8. The summed E-state index contributed by atoms with van der Waals surface area (Å²) in [6, 6.07) is 13.5. The number of carbonyl (C=O) groups excluding carboxylic acids is 1. The molecule has 0 spiro atoms. The first-order valence-corrected chi connectivity index (χ1v) is 11.8. The van der Waals surface area contributed by atoms with E-state index < -0.39 is 0 Å². The van der Waals surface area contributed by atoms with Crippen LogP contribution in [-0.2, 0) is 16.6 Å². The summed E-state index contributed by atoms with van der Waals surface area (Å²) in [6.07, 6.45) is 6.00. The molecule has 5 rings (SSSR count). The molecule has 0 bridgehead atoms. The van der Waals surface area contributed by atoms with Crippen LogP contribution in [-0.4, -0.2) is 35.6 Å². The number of nitrogens with zero attached hydrogens (tertiary/aromatic N) is 1. The number of aryl methyl sites for hydroxylation is 1. The van der Waals surface area contributed by atoms with Gasteiger partial charge in [-0.05, 0) is 49.1 Å². The number of ether oxygens (including phenoxy) is 2. The second-order valence-electron chi connectivity index (χ2n) is 9.01. The van der Waals surface area contributed by atoms with Crippen LogP contribution in [0.25, 0.3) is 10.9 Å². The summed E-state index contributed by atoms with van der Waals surface area (Å²) in [5.74, 6) is 2.24. The van der Waals surface area contributed by atoms with Gasteiger partial charge in [0.2, 0.25) is 5.91 Å². The van der Waals surface area contributed by atoms with E-state index in [4.69, 9.17) is 9.47 Å². The van der Waals surface area contributed by atoms with Crippen molar-refractivity contribution in [1.82, 2.24) is 15.3 Å². The predicted molar refractivity (Wildman–Crippen MR) is 126 cm³/mol. The molecule has 0 radical (unpaired) electrons. The van der Waals surface area contributed by atoms with Crippen LogP contribution in [0, 0.1) is 0 Å². The number of carbonyl (C=O) groups is 1. The Morgan fingerprint density at radius 2 is 1.85 bits per heavy atom. The highest BCUT2D eigenvalue weighted by Gasteiger charge is 2.36. The second kappa shape index (κ2) is 9.25. The van der Waals surface area contributed by atoms with E-state index in [1.165, 1.54) is 5.56 Å². The van der Waals surface area contributed by atoms with Crippen molar-refractivity contribution in [3.05, 3.63) is 64.2 Å². The van der Waals surface area contributed by atoms with Gasteiger partial charge in [0.15, 0.2) is 11.5 Å². The first-order chi connectivity index (χ1) is 16.1. The molecule has 1 aliphatic carbocycles. The van der Waals surface area contributed by atoms with Crippen LogP contribution in [0.3, 0.4) is 0 Å². The van der Waals surface area contributed by atoms with Crippen molar-refractivity contribution in [2.24, 2.45) is 0 Å².